The molecule has 1 aromatic carbocycles. The molecule has 0 aliphatic heterocycles. The number of benzene rings is 1. The smallest absolute Gasteiger partial charge is 0.188 e. The fraction of sp³-hybridized carbons (Fsp3) is 0.286. The Morgan fingerprint density at radius 2 is 2.04 bits per heavy atom. The maximum absolute atomic E-state index is 9.55. The highest BCUT2D eigenvalue weighted by atomic mass is 16.3. The molecule has 0 aliphatic rings. The van der Waals surface area contributed by atoms with E-state index in [4.69, 9.17) is 5.73 Å². The van der Waals surface area contributed by atoms with Gasteiger partial charge in [-0.05, 0) is 49.1 Å². The zero-order valence-corrected chi connectivity index (χ0v) is 15.8. The summed E-state index contributed by atoms with van der Waals surface area (Å²) in [6.45, 7) is 1.34. The number of aromatic amines is 1. The number of nitrogens with one attached hydrogen (secondary N) is 2. The summed E-state index contributed by atoms with van der Waals surface area (Å²) in [7, 11) is 0. The van der Waals surface area contributed by atoms with Crippen molar-refractivity contribution in [2.24, 2.45) is 10.7 Å². The third-order valence-corrected chi connectivity index (χ3v) is 4.51. The molecule has 5 N–H and O–H groups in total. The molecule has 1 atom stereocenters. The number of guanidine groups is 1. The van der Waals surface area contributed by atoms with Crippen LogP contribution in [0.3, 0.4) is 0 Å². The number of pyridine rings is 1. The number of phenolic OH excluding ortho intramolecular Hbond substituents is 1. The summed E-state index contributed by atoms with van der Waals surface area (Å²) in [5.74, 6) is 0.801. The molecule has 1 unspecified atom stereocenters. The average molecular weight is 378 g/mol. The van der Waals surface area contributed by atoms with E-state index in [1.165, 1.54) is 0 Å². The van der Waals surface area contributed by atoms with Crippen molar-refractivity contribution in [2.45, 2.75) is 25.2 Å². The zero-order valence-electron chi connectivity index (χ0n) is 15.8. The van der Waals surface area contributed by atoms with Gasteiger partial charge in [-0.25, -0.2) is 4.98 Å². The second-order valence-electron chi connectivity index (χ2n) is 6.55. The predicted octanol–water partition coefficient (Wildman–Crippen LogP) is 2.57. The molecule has 0 spiro atoms. The molecule has 0 aliphatic carbocycles. The van der Waals surface area contributed by atoms with Crippen LogP contribution in [0, 0.1) is 0 Å². The number of aliphatic imine (C=N–C) groups is 1. The third kappa shape index (κ3) is 5.84. The predicted molar refractivity (Wildman–Crippen MR) is 110 cm³/mol. The number of phenols is 1. The molecular formula is C21H26N6O. The van der Waals surface area contributed by atoms with Crippen molar-refractivity contribution in [3.8, 4) is 5.75 Å². The fourth-order valence-electron chi connectivity index (χ4n) is 3.06. The molecule has 0 bridgehead atoms. The molecule has 7 heteroatoms. The number of nitrogens with two attached hydrogens (primary N) is 1. The first-order valence-corrected chi connectivity index (χ1v) is 9.43. The molecule has 2 heterocycles. The van der Waals surface area contributed by atoms with Crippen LogP contribution < -0.4 is 11.1 Å². The van der Waals surface area contributed by atoms with E-state index in [0.29, 0.717) is 12.5 Å². The van der Waals surface area contributed by atoms with Gasteiger partial charge in [0.25, 0.3) is 0 Å². The first-order chi connectivity index (χ1) is 13.7. The highest BCUT2D eigenvalue weighted by Crippen LogP contribution is 2.27. The first kappa shape index (κ1) is 19.4. The monoisotopic (exact) mass is 378 g/mol. The number of H-pyrrole nitrogens is 1. The minimum Gasteiger partial charge on any atom is -0.508 e. The molecule has 3 rings (SSSR count). The summed E-state index contributed by atoms with van der Waals surface area (Å²) in [5.41, 5.74) is 9.11. The lowest BCUT2D eigenvalue weighted by molar-refractivity contribution is 0.475. The number of nitrogens with zero attached hydrogens (tertiary/aromatic N) is 3. The van der Waals surface area contributed by atoms with Crippen LogP contribution in [0.1, 0.15) is 35.7 Å². The summed E-state index contributed by atoms with van der Waals surface area (Å²) in [6, 6.07) is 13.1. The van der Waals surface area contributed by atoms with Gasteiger partial charge >= 0.3 is 0 Å². The summed E-state index contributed by atoms with van der Waals surface area (Å²) in [6.07, 6.45) is 7.99. The first-order valence-electron chi connectivity index (χ1n) is 9.43. The molecule has 7 nitrogen and oxygen atoms in total. The fourth-order valence-corrected chi connectivity index (χ4v) is 3.06. The lowest BCUT2D eigenvalue weighted by Gasteiger charge is -2.16. The Morgan fingerprint density at radius 3 is 2.75 bits per heavy atom. The molecule has 0 fully saturated rings. The number of hydrogen-bond donors (Lipinski definition) is 4. The molecule has 0 radical (unpaired) electrons. The van der Waals surface area contributed by atoms with Gasteiger partial charge in [-0.1, -0.05) is 18.2 Å². The van der Waals surface area contributed by atoms with Gasteiger partial charge in [-0.3, -0.25) is 9.98 Å². The summed E-state index contributed by atoms with van der Waals surface area (Å²) in [4.78, 5) is 16.1. The molecule has 0 saturated heterocycles. The van der Waals surface area contributed by atoms with Crippen molar-refractivity contribution in [3.63, 3.8) is 0 Å². The molecular weight excluding hydrogens is 352 g/mol. The number of imidazole rings is 1. The van der Waals surface area contributed by atoms with E-state index in [1.54, 1.807) is 24.7 Å². The van der Waals surface area contributed by atoms with Gasteiger partial charge < -0.3 is 21.1 Å². The number of aromatic hydroxyl groups is 1. The van der Waals surface area contributed by atoms with Crippen LogP contribution in [0.5, 0.6) is 5.75 Å². The van der Waals surface area contributed by atoms with E-state index in [-0.39, 0.29) is 11.7 Å². The van der Waals surface area contributed by atoms with Gasteiger partial charge in [0, 0.05) is 37.1 Å². The van der Waals surface area contributed by atoms with E-state index in [1.807, 2.05) is 36.5 Å². The number of hydrogen-bond acceptors (Lipinski definition) is 4. The Morgan fingerprint density at radius 1 is 1.18 bits per heavy atom. The zero-order chi connectivity index (χ0) is 19.6. The van der Waals surface area contributed by atoms with Crippen LogP contribution in [0.2, 0.25) is 0 Å². The van der Waals surface area contributed by atoms with Gasteiger partial charge in [-0.2, -0.15) is 0 Å². The average Bonchev–Trinajstić information content (AvgIpc) is 3.24. The van der Waals surface area contributed by atoms with Crippen molar-refractivity contribution in [3.05, 3.63) is 78.1 Å². The number of aryl methyl sites for hydroxylation is 1. The second kappa shape index (κ2) is 10.1. The van der Waals surface area contributed by atoms with Crippen LogP contribution in [-0.2, 0) is 6.42 Å². The topological polar surface area (TPSA) is 112 Å². The SMILES string of the molecule is NC(=NCCC(c1ccc(O)cc1)c1ccccn1)NCCCc1c[nH]cn1. The highest BCUT2D eigenvalue weighted by Gasteiger charge is 2.15. The largest absolute Gasteiger partial charge is 0.508 e. The van der Waals surface area contributed by atoms with E-state index < -0.39 is 0 Å². The Hall–Kier alpha value is -3.35. The second-order valence-corrected chi connectivity index (χ2v) is 6.55. The molecule has 3 aromatic rings. The van der Waals surface area contributed by atoms with Crippen LogP contribution in [0.25, 0.3) is 0 Å². The summed E-state index contributed by atoms with van der Waals surface area (Å²) < 4.78 is 0. The quantitative estimate of drug-likeness (QED) is 0.260. The van der Waals surface area contributed by atoms with E-state index in [2.05, 4.69) is 25.3 Å². The Balaban J connectivity index is 1.52. The third-order valence-electron chi connectivity index (χ3n) is 4.51. The highest BCUT2D eigenvalue weighted by molar-refractivity contribution is 5.77. The van der Waals surface area contributed by atoms with Crippen LogP contribution >= 0.6 is 0 Å². The minimum absolute atomic E-state index is 0.0954. The van der Waals surface area contributed by atoms with Crippen molar-refractivity contribution in [1.29, 1.82) is 0 Å². The van der Waals surface area contributed by atoms with E-state index in [0.717, 1.165) is 42.8 Å². The molecule has 28 heavy (non-hydrogen) atoms. The number of aromatic nitrogens is 3. The van der Waals surface area contributed by atoms with Gasteiger partial charge in [0.15, 0.2) is 5.96 Å². The van der Waals surface area contributed by atoms with Crippen molar-refractivity contribution in [1.82, 2.24) is 20.3 Å². The summed E-state index contributed by atoms with van der Waals surface area (Å²) in [5, 5.41) is 12.7. The number of rotatable bonds is 9. The van der Waals surface area contributed by atoms with Crippen LogP contribution in [-0.4, -0.2) is 39.1 Å². The van der Waals surface area contributed by atoms with Gasteiger partial charge in [-0.15, -0.1) is 0 Å². The minimum atomic E-state index is 0.0954. The van der Waals surface area contributed by atoms with Gasteiger partial charge in [0.2, 0.25) is 0 Å². The Labute approximate surface area is 164 Å². The lowest BCUT2D eigenvalue weighted by atomic mass is 9.92. The van der Waals surface area contributed by atoms with Crippen molar-refractivity contribution in [2.75, 3.05) is 13.1 Å². The standard InChI is InChI=1S/C21H26N6O/c22-21(25-12-3-4-17-14-23-15-27-17)26-13-10-19(20-5-1-2-11-24-20)16-6-8-18(28)9-7-16/h1-2,5-9,11,14-15,19,28H,3-4,10,12-13H2,(H,23,27)(H3,22,25,26). The van der Waals surface area contributed by atoms with Gasteiger partial charge in [0.05, 0.1) is 12.0 Å². The maximum Gasteiger partial charge on any atom is 0.188 e. The summed E-state index contributed by atoms with van der Waals surface area (Å²) >= 11 is 0. The Kier molecular flexibility index (Phi) is 7.01. The molecule has 146 valence electrons. The molecule has 0 amide bonds. The van der Waals surface area contributed by atoms with Gasteiger partial charge in [0.1, 0.15) is 5.75 Å². The molecule has 0 saturated carbocycles. The van der Waals surface area contributed by atoms with Crippen LogP contribution in [0.15, 0.2) is 66.2 Å². The normalized spacial score (nSPS) is 12.6. The van der Waals surface area contributed by atoms with Crippen LogP contribution in [0.4, 0.5) is 0 Å². The maximum atomic E-state index is 9.55. The van der Waals surface area contributed by atoms with E-state index in [9.17, 15) is 5.11 Å². The van der Waals surface area contributed by atoms with E-state index >= 15 is 0 Å². The molecule has 2 aromatic heterocycles. The Bertz CT molecular complexity index is 846. The van der Waals surface area contributed by atoms with Crippen molar-refractivity contribution >= 4 is 5.96 Å². The van der Waals surface area contributed by atoms with Crippen molar-refractivity contribution < 1.29 is 5.11 Å². The lowest BCUT2D eigenvalue weighted by Crippen LogP contribution is -2.32.